The Morgan fingerprint density at radius 1 is 1.04 bits per heavy atom. The maximum atomic E-state index is 12.0. The van der Waals surface area contributed by atoms with Gasteiger partial charge in [0, 0.05) is 0 Å². The number of hydrogen-bond acceptors (Lipinski definition) is 6. The summed E-state index contributed by atoms with van der Waals surface area (Å²) in [5.41, 5.74) is 1.66. The standard InChI is InChI=1S/C17H14N2O5/c1-23-16(21)10-7-12-14(8-11(10)17(22)24-2)19(9-18-12)13-5-3-4-6-15(13)20/h3-9,20H,1-2H3. The highest BCUT2D eigenvalue weighted by atomic mass is 16.5. The van der Waals surface area contributed by atoms with Gasteiger partial charge in [-0.05, 0) is 24.3 Å². The molecule has 0 aliphatic heterocycles. The highest BCUT2D eigenvalue weighted by Crippen LogP contribution is 2.27. The van der Waals surface area contributed by atoms with Crippen LogP contribution in [0.25, 0.3) is 16.7 Å². The van der Waals surface area contributed by atoms with Crippen LogP contribution in [0.4, 0.5) is 0 Å². The van der Waals surface area contributed by atoms with Gasteiger partial charge in [-0.1, -0.05) is 12.1 Å². The summed E-state index contributed by atoms with van der Waals surface area (Å²) < 4.78 is 11.1. The number of esters is 2. The number of imidazole rings is 1. The molecule has 1 N–H and O–H groups in total. The highest BCUT2D eigenvalue weighted by Gasteiger charge is 2.21. The number of carbonyl (C=O) groups excluding carboxylic acids is 2. The Bertz CT molecular complexity index is 945. The second-order valence-corrected chi connectivity index (χ2v) is 4.97. The third-order valence-electron chi connectivity index (χ3n) is 3.64. The van der Waals surface area contributed by atoms with Crippen molar-refractivity contribution >= 4 is 23.0 Å². The number of nitrogens with zero attached hydrogens (tertiary/aromatic N) is 2. The molecule has 0 aliphatic rings. The van der Waals surface area contributed by atoms with E-state index in [1.54, 1.807) is 28.8 Å². The van der Waals surface area contributed by atoms with Crippen molar-refractivity contribution in [1.29, 1.82) is 0 Å². The van der Waals surface area contributed by atoms with E-state index >= 15 is 0 Å². The summed E-state index contributed by atoms with van der Waals surface area (Å²) >= 11 is 0. The molecule has 2 aromatic carbocycles. The fourth-order valence-electron chi connectivity index (χ4n) is 2.47. The lowest BCUT2D eigenvalue weighted by Crippen LogP contribution is -2.12. The van der Waals surface area contributed by atoms with Crippen LogP contribution in [0.15, 0.2) is 42.7 Å². The molecule has 0 spiro atoms. The van der Waals surface area contributed by atoms with Crippen LogP contribution in [0.5, 0.6) is 5.75 Å². The molecule has 3 aromatic rings. The summed E-state index contributed by atoms with van der Waals surface area (Å²) in [4.78, 5) is 28.2. The van der Waals surface area contributed by atoms with E-state index in [-0.39, 0.29) is 16.9 Å². The van der Waals surface area contributed by atoms with Crippen LogP contribution >= 0.6 is 0 Å². The van der Waals surface area contributed by atoms with Crippen molar-refractivity contribution < 1.29 is 24.2 Å². The summed E-state index contributed by atoms with van der Waals surface area (Å²) in [7, 11) is 2.46. The third-order valence-corrected chi connectivity index (χ3v) is 3.64. The van der Waals surface area contributed by atoms with Crippen LogP contribution in [-0.4, -0.2) is 40.8 Å². The molecule has 0 aliphatic carbocycles. The Kier molecular flexibility index (Phi) is 3.91. The number of methoxy groups -OCH3 is 2. The van der Waals surface area contributed by atoms with Gasteiger partial charge in [0.05, 0.1) is 42.1 Å². The van der Waals surface area contributed by atoms with E-state index in [2.05, 4.69) is 4.98 Å². The Morgan fingerprint density at radius 2 is 1.67 bits per heavy atom. The van der Waals surface area contributed by atoms with Crippen molar-refractivity contribution in [2.24, 2.45) is 0 Å². The first kappa shape index (κ1) is 15.5. The molecule has 0 saturated heterocycles. The average molecular weight is 326 g/mol. The number of para-hydroxylation sites is 2. The quantitative estimate of drug-likeness (QED) is 0.743. The Balaban J connectivity index is 2.28. The van der Waals surface area contributed by atoms with Crippen LogP contribution in [0.3, 0.4) is 0 Å². The molecule has 24 heavy (non-hydrogen) atoms. The zero-order valence-corrected chi connectivity index (χ0v) is 13.0. The summed E-state index contributed by atoms with van der Waals surface area (Å²) in [6, 6.07) is 9.68. The molecule has 122 valence electrons. The number of phenols is 1. The van der Waals surface area contributed by atoms with Gasteiger partial charge in [-0.2, -0.15) is 0 Å². The molecule has 0 amide bonds. The minimum atomic E-state index is -0.665. The number of aromatic hydroxyl groups is 1. The smallest absolute Gasteiger partial charge is 0.338 e. The predicted molar refractivity (Wildman–Crippen MR) is 85.4 cm³/mol. The first-order valence-corrected chi connectivity index (χ1v) is 7.03. The van der Waals surface area contributed by atoms with E-state index in [1.165, 1.54) is 32.7 Å². The number of phenolic OH excluding ortho intramolecular Hbond substituents is 1. The minimum Gasteiger partial charge on any atom is -0.506 e. The monoisotopic (exact) mass is 326 g/mol. The summed E-state index contributed by atoms with van der Waals surface area (Å²) in [6.45, 7) is 0. The molecule has 1 heterocycles. The van der Waals surface area contributed by atoms with Gasteiger partial charge in [-0.15, -0.1) is 0 Å². The third kappa shape index (κ3) is 2.45. The van der Waals surface area contributed by atoms with E-state index in [1.807, 2.05) is 0 Å². The van der Waals surface area contributed by atoms with Crippen molar-refractivity contribution in [2.75, 3.05) is 14.2 Å². The number of carbonyl (C=O) groups is 2. The van der Waals surface area contributed by atoms with Crippen LogP contribution < -0.4 is 0 Å². The molecule has 7 heteroatoms. The number of fused-ring (bicyclic) bond motifs is 1. The van der Waals surface area contributed by atoms with Gasteiger partial charge in [0.15, 0.2) is 0 Å². The molecule has 0 bridgehead atoms. The Morgan fingerprint density at radius 3 is 2.29 bits per heavy atom. The molecule has 1 aromatic heterocycles. The number of benzene rings is 2. The first-order valence-electron chi connectivity index (χ1n) is 7.03. The van der Waals surface area contributed by atoms with Crippen molar-refractivity contribution in [3.05, 3.63) is 53.9 Å². The molecule has 0 saturated carbocycles. The molecule has 0 fully saturated rings. The van der Waals surface area contributed by atoms with Crippen LogP contribution in [0.1, 0.15) is 20.7 Å². The predicted octanol–water partition coefficient (Wildman–Crippen LogP) is 2.30. The first-order chi connectivity index (χ1) is 11.6. The Hall–Kier alpha value is -3.35. The van der Waals surface area contributed by atoms with Crippen LogP contribution in [0.2, 0.25) is 0 Å². The van der Waals surface area contributed by atoms with Gasteiger partial charge in [0.2, 0.25) is 0 Å². The van der Waals surface area contributed by atoms with Crippen LogP contribution in [0, 0.1) is 0 Å². The van der Waals surface area contributed by atoms with Gasteiger partial charge in [0.25, 0.3) is 0 Å². The average Bonchev–Trinajstić information content (AvgIpc) is 3.02. The zero-order chi connectivity index (χ0) is 17.3. The lowest BCUT2D eigenvalue weighted by Gasteiger charge is -2.09. The van der Waals surface area contributed by atoms with E-state index < -0.39 is 11.9 Å². The molecule has 7 nitrogen and oxygen atoms in total. The van der Waals surface area contributed by atoms with Crippen molar-refractivity contribution in [3.63, 3.8) is 0 Å². The molecule has 3 rings (SSSR count). The van der Waals surface area contributed by atoms with Gasteiger partial charge >= 0.3 is 11.9 Å². The normalized spacial score (nSPS) is 10.6. The minimum absolute atomic E-state index is 0.0634. The van der Waals surface area contributed by atoms with Crippen molar-refractivity contribution in [1.82, 2.24) is 9.55 Å². The molecule has 0 atom stereocenters. The summed E-state index contributed by atoms with van der Waals surface area (Å²) in [6.07, 6.45) is 1.50. The number of hydrogen-bond donors (Lipinski definition) is 1. The zero-order valence-electron chi connectivity index (χ0n) is 13.0. The second kappa shape index (κ2) is 6.04. The topological polar surface area (TPSA) is 90.6 Å². The highest BCUT2D eigenvalue weighted by molar-refractivity contribution is 6.06. The molecular weight excluding hydrogens is 312 g/mol. The molecule has 0 unspecified atom stereocenters. The number of ether oxygens (including phenoxy) is 2. The van der Waals surface area contributed by atoms with Crippen molar-refractivity contribution in [2.45, 2.75) is 0 Å². The number of rotatable bonds is 3. The summed E-state index contributed by atoms with van der Waals surface area (Å²) in [5.74, 6) is -1.26. The van der Waals surface area contributed by atoms with Gasteiger partial charge < -0.3 is 14.6 Å². The fraction of sp³-hybridized carbons (Fsp3) is 0.118. The molecule has 0 radical (unpaired) electrons. The lowest BCUT2D eigenvalue weighted by atomic mass is 10.1. The second-order valence-electron chi connectivity index (χ2n) is 4.97. The largest absolute Gasteiger partial charge is 0.506 e. The van der Waals surface area contributed by atoms with E-state index in [9.17, 15) is 14.7 Å². The van der Waals surface area contributed by atoms with Gasteiger partial charge in [-0.3, -0.25) is 4.57 Å². The number of aromatic nitrogens is 2. The van der Waals surface area contributed by atoms with Crippen molar-refractivity contribution in [3.8, 4) is 11.4 Å². The van der Waals surface area contributed by atoms with Crippen LogP contribution in [-0.2, 0) is 9.47 Å². The van der Waals surface area contributed by atoms with Gasteiger partial charge in [-0.25, -0.2) is 14.6 Å². The molecular formula is C17H14N2O5. The maximum absolute atomic E-state index is 12.0. The van der Waals surface area contributed by atoms with E-state index in [4.69, 9.17) is 9.47 Å². The fourth-order valence-corrected chi connectivity index (χ4v) is 2.47. The van der Waals surface area contributed by atoms with E-state index in [0.717, 1.165) is 0 Å². The lowest BCUT2D eigenvalue weighted by molar-refractivity contribution is 0.0555. The maximum Gasteiger partial charge on any atom is 0.338 e. The van der Waals surface area contributed by atoms with Gasteiger partial charge in [0.1, 0.15) is 12.1 Å². The summed E-state index contributed by atoms with van der Waals surface area (Å²) in [5, 5.41) is 10.0. The van der Waals surface area contributed by atoms with E-state index in [0.29, 0.717) is 16.7 Å². The SMILES string of the molecule is COC(=O)c1cc2ncn(-c3ccccc3O)c2cc1C(=O)OC. The Labute approximate surface area is 137 Å².